The third-order valence-corrected chi connectivity index (χ3v) is 4.79. The van der Waals surface area contributed by atoms with Crippen LogP contribution in [-0.4, -0.2) is 37.1 Å². The fourth-order valence-electron chi connectivity index (χ4n) is 3.63. The Morgan fingerprint density at radius 3 is 2.43 bits per heavy atom. The fourth-order valence-corrected chi connectivity index (χ4v) is 3.63. The Hall–Kier alpha value is -1.60. The van der Waals surface area contributed by atoms with Crippen LogP contribution in [0.4, 0.5) is 10.1 Å². The van der Waals surface area contributed by atoms with Gasteiger partial charge in [0, 0.05) is 19.1 Å². The predicted octanol–water partition coefficient (Wildman–Crippen LogP) is 3.15. The normalized spacial score (nSPS) is 21.2. The van der Waals surface area contributed by atoms with Crippen LogP contribution in [-0.2, 0) is 0 Å². The maximum atomic E-state index is 13.2. The molecule has 2 fully saturated rings. The van der Waals surface area contributed by atoms with E-state index in [1.165, 1.54) is 44.5 Å². The summed E-state index contributed by atoms with van der Waals surface area (Å²) in [6, 6.07) is 7.34. The van der Waals surface area contributed by atoms with Crippen molar-refractivity contribution in [2.75, 3.05) is 31.1 Å². The monoisotopic (exact) mass is 287 g/mol. The molecule has 0 bridgehead atoms. The smallest absolute Gasteiger partial charge is 0.124 e. The van der Waals surface area contributed by atoms with Gasteiger partial charge in [-0.2, -0.15) is 5.26 Å². The van der Waals surface area contributed by atoms with Gasteiger partial charge in [0.05, 0.1) is 11.3 Å². The van der Waals surface area contributed by atoms with E-state index < -0.39 is 0 Å². The Kier molecular flexibility index (Phi) is 4.40. The van der Waals surface area contributed by atoms with E-state index in [9.17, 15) is 9.65 Å². The van der Waals surface area contributed by atoms with Crippen molar-refractivity contribution in [3.05, 3.63) is 29.6 Å². The highest BCUT2D eigenvalue weighted by molar-refractivity contribution is 5.59. The average molecular weight is 287 g/mol. The molecular formula is C17H22FN3. The molecule has 3 nitrogen and oxygen atoms in total. The van der Waals surface area contributed by atoms with Gasteiger partial charge in [-0.25, -0.2) is 4.39 Å². The van der Waals surface area contributed by atoms with Crippen LogP contribution < -0.4 is 4.90 Å². The molecule has 0 aromatic heterocycles. The van der Waals surface area contributed by atoms with Crippen molar-refractivity contribution in [2.45, 2.75) is 38.1 Å². The molecule has 4 heteroatoms. The van der Waals surface area contributed by atoms with Crippen molar-refractivity contribution >= 4 is 5.69 Å². The standard InChI is InChI=1S/C17H22FN3/c18-15-4-5-17(14(12-15)13-19)21-10-6-16(7-11-21)20-8-2-1-3-9-20/h4-5,12,16H,1-3,6-11H2. The van der Waals surface area contributed by atoms with E-state index in [1.807, 2.05) is 0 Å². The van der Waals surface area contributed by atoms with Crippen molar-refractivity contribution in [1.29, 1.82) is 5.26 Å². The van der Waals surface area contributed by atoms with Crippen molar-refractivity contribution in [1.82, 2.24) is 4.90 Å². The zero-order valence-corrected chi connectivity index (χ0v) is 12.4. The average Bonchev–Trinajstić information content (AvgIpc) is 2.56. The molecular weight excluding hydrogens is 265 g/mol. The fraction of sp³-hybridized carbons (Fsp3) is 0.588. The van der Waals surface area contributed by atoms with E-state index >= 15 is 0 Å². The zero-order valence-electron chi connectivity index (χ0n) is 12.4. The number of hydrogen-bond acceptors (Lipinski definition) is 3. The minimum atomic E-state index is -0.335. The van der Waals surface area contributed by atoms with Crippen molar-refractivity contribution in [3.8, 4) is 6.07 Å². The highest BCUT2D eigenvalue weighted by Crippen LogP contribution is 2.27. The van der Waals surface area contributed by atoms with Crippen molar-refractivity contribution in [2.24, 2.45) is 0 Å². The minimum absolute atomic E-state index is 0.335. The number of halogens is 1. The van der Waals surface area contributed by atoms with Crippen molar-refractivity contribution in [3.63, 3.8) is 0 Å². The number of benzene rings is 1. The number of likely N-dealkylation sites (tertiary alicyclic amines) is 1. The molecule has 112 valence electrons. The summed E-state index contributed by atoms with van der Waals surface area (Å²) in [6.07, 6.45) is 6.31. The molecule has 2 aliphatic heterocycles. The van der Waals surface area contributed by atoms with Crippen molar-refractivity contribution < 1.29 is 4.39 Å². The third-order valence-electron chi connectivity index (χ3n) is 4.79. The zero-order chi connectivity index (χ0) is 14.7. The van der Waals surface area contributed by atoms with Crippen LogP contribution in [0.25, 0.3) is 0 Å². The predicted molar refractivity (Wildman–Crippen MR) is 81.8 cm³/mol. The number of nitriles is 1. The molecule has 2 saturated heterocycles. The van der Waals surface area contributed by atoms with Gasteiger partial charge >= 0.3 is 0 Å². The van der Waals surface area contributed by atoms with Crippen LogP contribution in [0.5, 0.6) is 0 Å². The lowest BCUT2D eigenvalue weighted by molar-refractivity contribution is 0.141. The summed E-state index contributed by atoms with van der Waals surface area (Å²) in [5, 5.41) is 9.18. The number of anilines is 1. The van der Waals surface area contributed by atoms with Gasteiger partial charge in [-0.3, -0.25) is 0 Å². The van der Waals surface area contributed by atoms with Crippen LogP contribution in [0, 0.1) is 17.1 Å². The van der Waals surface area contributed by atoms with E-state index in [2.05, 4.69) is 15.9 Å². The first kappa shape index (κ1) is 14.3. The molecule has 1 aromatic rings. The second-order valence-electron chi connectivity index (χ2n) is 6.09. The summed E-state index contributed by atoms with van der Waals surface area (Å²) >= 11 is 0. The number of piperidine rings is 2. The van der Waals surface area contributed by atoms with E-state index in [1.54, 1.807) is 6.07 Å². The molecule has 0 unspecified atom stereocenters. The van der Waals surface area contributed by atoms with Crippen LogP contribution in [0.3, 0.4) is 0 Å². The van der Waals surface area contributed by atoms with E-state index in [0.29, 0.717) is 11.6 Å². The van der Waals surface area contributed by atoms with Gasteiger partial charge in [-0.15, -0.1) is 0 Å². The molecule has 0 amide bonds. The largest absolute Gasteiger partial charge is 0.370 e. The molecule has 3 rings (SSSR count). The lowest BCUT2D eigenvalue weighted by atomic mass is 9.99. The van der Waals surface area contributed by atoms with Gasteiger partial charge in [0.2, 0.25) is 0 Å². The van der Waals surface area contributed by atoms with E-state index in [-0.39, 0.29) is 5.82 Å². The van der Waals surface area contributed by atoms with Gasteiger partial charge in [-0.1, -0.05) is 6.42 Å². The molecule has 0 N–H and O–H groups in total. The van der Waals surface area contributed by atoms with Gasteiger partial charge in [-0.05, 0) is 57.0 Å². The minimum Gasteiger partial charge on any atom is -0.370 e. The lowest BCUT2D eigenvalue weighted by Gasteiger charge is -2.41. The Morgan fingerprint density at radius 1 is 1.05 bits per heavy atom. The summed E-state index contributed by atoms with van der Waals surface area (Å²) in [7, 11) is 0. The summed E-state index contributed by atoms with van der Waals surface area (Å²) in [5.41, 5.74) is 1.34. The first-order valence-electron chi connectivity index (χ1n) is 7.96. The maximum Gasteiger partial charge on any atom is 0.124 e. The molecule has 0 atom stereocenters. The molecule has 21 heavy (non-hydrogen) atoms. The SMILES string of the molecule is N#Cc1cc(F)ccc1N1CCC(N2CCCCC2)CC1. The highest BCUT2D eigenvalue weighted by Gasteiger charge is 2.26. The number of nitrogens with zero attached hydrogens (tertiary/aromatic N) is 3. The topological polar surface area (TPSA) is 30.3 Å². The van der Waals surface area contributed by atoms with Crippen LogP contribution in [0.2, 0.25) is 0 Å². The van der Waals surface area contributed by atoms with E-state index in [0.717, 1.165) is 31.6 Å². The van der Waals surface area contributed by atoms with Gasteiger partial charge < -0.3 is 9.80 Å². The lowest BCUT2D eigenvalue weighted by Crippen LogP contribution is -2.46. The summed E-state index contributed by atoms with van der Waals surface area (Å²) in [6.45, 7) is 4.40. The summed E-state index contributed by atoms with van der Waals surface area (Å²) in [5.74, 6) is -0.335. The third kappa shape index (κ3) is 3.19. The van der Waals surface area contributed by atoms with Gasteiger partial charge in [0.25, 0.3) is 0 Å². The molecule has 0 saturated carbocycles. The molecule has 0 radical (unpaired) electrons. The van der Waals surface area contributed by atoms with Crippen LogP contribution >= 0.6 is 0 Å². The highest BCUT2D eigenvalue weighted by atomic mass is 19.1. The Morgan fingerprint density at radius 2 is 1.76 bits per heavy atom. The quantitative estimate of drug-likeness (QED) is 0.837. The summed E-state index contributed by atoms with van der Waals surface area (Å²) in [4.78, 5) is 4.87. The molecule has 0 aliphatic carbocycles. The summed E-state index contributed by atoms with van der Waals surface area (Å²) < 4.78 is 13.2. The second-order valence-corrected chi connectivity index (χ2v) is 6.09. The van der Waals surface area contributed by atoms with Crippen LogP contribution in [0.15, 0.2) is 18.2 Å². The molecule has 2 aliphatic rings. The Bertz CT molecular complexity index is 523. The van der Waals surface area contributed by atoms with Gasteiger partial charge in [0.1, 0.15) is 11.9 Å². The Balaban J connectivity index is 1.64. The maximum absolute atomic E-state index is 13.2. The first-order valence-corrected chi connectivity index (χ1v) is 7.96. The number of hydrogen-bond donors (Lipinski definition) is 0. The molecule has 0 spiro atoms. The van der Waals surface area contributed by atoms with Gasteiger partial charge in [0.15, 0.2) is 0 Å². The van der Waals surface area contributed by atoms with E-state index in [4.69, 9.17) is 0 Å². The van der Waals surface area contributed by atoms with Crippen LogP contribution in [0.1, 0.15) is 37.7 Å². The Labute approximate surface area is 126 Å². The number of rotatable bonds is 2. The first-order chi connectivity index (χ1) is 10.3. The molecule has 1 aromatic carbocycles. The second kappa shape index (κ2) is 6.44. The molecule has 2 heterocycles.